The van der Waals surface area contributed by atoms with Gasteiger partial charge in [-0.1, -0.05) is 12.1 Å². The summed E-state index contributed by atoms with van der Waals surface area (Å²) in [4.78, 5) is 20.7. The first-order valence-electron chi connectivity index (χ1n) is 8.52. The van der Waals surface area contributed by atoms with Gasteiger partial charge in [-0.2, -0.15) is 5.26 Å². The van der Waals surface area contributed by atoms with Crippen LogP contribution in [0, 0.1) is 11.3 Å². The number of amides is 1. The van der Waals surface area contributed by atoms with Crippen LogP contribution in [0.5, 0.6) is 11.5 Å². The number of carbonyl (C=O) groups excluding carboxylic acids is 1. The van der Waals surface area contributed by atoms with E-state index in [1.54, 1.807) is 30.3 Å². The molecule has 2 N–H and O–H groups in total. The lowest BCUT2D eigenvalue weighted by Crippen LogP contribution is -2.15. The number of nitrogens with one attached hydrogen (secondary N) is 2. The van der Waals surface area contributed by atoms with Crippen LogP contribution in [0.25, 0.3) is 0 Å². The number of rotatable bonds is 4. The molecular weight excluding hydrogens is 358 g/mol. The minimum atomic E-state index is -0.435. The molecule has 4 rings (SSSR count). The first-order chi connectivity index (χ1) is 13.7. The zero-order chi connectivity index (χ0) is 19.3. The van der Waals surface area contributed by atoms with Gasteiger partial charge < -0.3 is 20.1 Å². The second-order valence-electron chi connectivity index (χ2n) is 5.88. The van der Waals surface area contributed by atoms with E-state index < -0.39 is 5.91 Å². The molecule has 0 bridgehead atoms. The van der Waals surface area contributed by atoms with Gasteiger partial charge in [-0.05, 0) is 24.3 Å². The van der Waals surface area contributed by atoms with Crippen molar-refractivity contribution in [2.75, 3.05) is 23.8 Å². The highest BCUT2D eigenvalue weighted by molar-refractivity contribution is 6.03. The molecule has 1 amide bonds. The SMILES string of the molecule is N#Cc1ccccc1NC(=O)c1cc(Nc2ccc3c(c2)OCCO3)ncn1. The molecule has 3 aromatic rings. The third kappa shape index (κ3) is 3.68. The van der Waals surface area contributed by atoms with Gasteiger partial charge in [-0.15, -0.1) is 0 Å². The molecule has 1 aromatic heterocycles. The van der Waals surface area contributed by atoms with Crippen molar-refractivity contribution in [1.82, 2.24) is 9.97 Å². The van der Waals surface area contributed by atoms with Crippen molar-refractivity contribution in [3.05, 3.63) is 66.1 Å². The number of hydrogen-bond acceptors (Lipinski definition) is 7. The monoisotopic (exact) mass is 373 g/mol. The van der Waals surface area contributed by atoms with Crippen LogP contribution in [0.1, 0.15) is 16.1 Å². The van der Waals surface area contributed by atoms with Crippen LogP contribution in [-0.4, -0.2) is 29.1 Å². The second kappa shape index (κ2) is 7.63. The molecule has 1 aliphatic heterocycles. The Labute approximate surface area is 160 Å². The minimum absolute atomic E-state index is 0.169. The van der Waals surface area contributed by atoms with Crippen molar-refractivity contribution in [2.45, 2.75) is 0 Å². The Morgan fingerprint density at radius 2 is 1.86 bits per heavy atom. The van der Waals surface area contributed by atoms with Gasteiger partial charge in [0.1, 0.15) is 37.1 Å². The molecule has 8 heteroatoms. The number of nitrogens with zero attached hydrogens (tertiary/aromatic N) is 3. The molecule has 2 aromatic carbocycles. The average molecular weight is 373 g/mol. The first-order valence-corrected chi connectivity index (χ1v) is 8.52. The zero-order valence-electron chi connectivity index (χ0n) is 14.7. The summed E-state index contributed by atoms with van der Waals surface area (Å²) in [5, 5.41) is 14.9. The van der Waals surface area contributed by atoms with E-state index in [-0.39, 0.29) is 5.69 Å². The molecule has 0 atom stereocenters. The number of hydrogen-bond donors (Lipinski definition) is 2. The first kappa shape index (κ1) is 17.3. The molecule has 0 radical (unpaired) electrons. The van der Waals surface area contributed by atoms with Crippen LogP contribution in [-0.2, 0) is 0 Å². The quantitative estimate of drug-likeness (QED) is 0.723. The van der Waals surface area contributed by atoms with Crippen molar-refractivity contribution < 1.29 is 14.3 Å². The maximum atomic E-state index is 12.5. The maximum Gasteiger partial charge on any atom is 0.274 e. The van der Waals surface area contributed by atoms with E-state index in [0.717, 1.165) is 5.69 Å². The van der Waals surface area contributed by atoms with Crippen LogP contribution in [0.2, 0.25) is 0 Å². The highest BCUT2D eigenvalue weighted by Crippen LogP contribution is 2.33. The molecule has 2 heterocycles. The lowest BCUT2D eigenvalue weighted by molar-refractivity contribution is 0.102. The van der Waals surface area contributed by atoms with E-state index in [0.29, 0.717) is 41.8 Å². The van der Waals surface area contributed by atoms with Crippen LogP contribution in [0.4, 0.5) is 17.2 Å². The van der Waals surface area contributed by atoms with E-state index in [1.165, 1.54) is 12.4 Å². The van der Waals surface area contributed by atoms with E-state index in [2.05, 4.69) is 20.6 Å². The van der Waals surface area contributed by atoms with Gasteiger partial charge in [0.15, 0.2) is 11.5 Å². The van der Waals surface area contributed by atoms with Gasteiger partial charge in [-0.3, -0.25) is 4.79 Å². The van der Waals surface area contributed by atoms with Crippen molar-refractivity contribution in [3.8, 4) is 17.6 Å². The largest absolute Gasteiger partial charge is 0.486 e. The Morgan fingerprint density at radius 3 is 2.71 bits per heavy atom. The van der Waals surface area contributed by atoms with Gasteiger partial charge in [0.2, 0.25) is 0 Å². The normalized spacial score (nSPS) is 12.0. The van der Waals surface area contributed by atoms with Gasteiger partial charge in [-0.25, -0.2) is 9.97 Å². The predicted octanol–water partition coefficient (Wildman–Crippen LogP) is 3.12. The van der Waals surface area contributed by atoms with Crippen molar-refractivity contribution in [2.24, 2.45) is 0 Å². The molecule has 0 fully saturated rings. The molecule has 0 unspecified atom stereocenters. The third-order valence-corrected chi connectivity index (χ3v) is 4.01. The van der Waals surface area contributed by atoms with Crippen LogP contribution in [0.3, 0.4) is 0 Å². The number of benzene rings is 2. The topological polar surface area (TPSA) is 109 Å². The molecule has 8 nitrogen and oxygen atoms in total. The Bertz CT molecular complexity index is 1080. The number of nitriles is 1. The molecule has 28 heavy (non-hydrogen) atoms. The zero-order valence-corrected chi connectivity index (χ0v) is 14.7. The van der Waals surface area contributed by atoms with E-state index in [1.807, 2.05) is 18.2 Å². The summed E-state index contributed by atoms with van der Waals surface area (Å²) in [5.74, 6) is 1.35. The summed E-state index contributed by atoms with van der Waals surface area (Å²) >= 11 is 0. The summed E-state index contributed by atoms with van der Waals surface area (Å²) in [5.41, 5.74) is 1.71. The third-order valence-electron chi connectivity index (χ3n) is 4.01. The van der Waals surface area contributed by atoms with Crippen molar-refractivity contribution in [1.29, 1.82) is 5.26 Å². The standard InChI is InChI=1S/C20H15N5O3/c21-11-13-3-1-2-4-15(13)25-20(26)16-10-19(23-12-22-16)24-14-5-6-17-18(9-14)28-8-7-27-17/h1-6,9-10,12H,7-8H2,(H,25,26)(H,22,23,24). The van der Waals surface area contributed by atoms with Gasteiger partial charge in [0.05, 0.1) is 11.3 Å². The summed E-state index contributed by atoms with van der Waals surface area (Å²) in [7, 11) is 0. The Kier molecular flexibility index (Phi) is 4.72. The second-order valence-corrected chi connectivity index (χ2v) is 5.88. The van der Waals surface area contributed by atoms with Gasteiger partial charge in [0, 0.05) is 17.8 Å². The molecule has 0 saturated carbocycles. The van der Waals surface area contributed by atoms with Gasteiger partial charge in [0.25, 0.3) is 5.91 Å². The van der Waals surface area contributed by atoms with Gasteiger partial charge >= 0.3 is 0 Å². The number of ether oxygens (including phenoxy) is 2. The van der Waals surface area contributed by atoms with Crippen LogP contribution in [0.15, 0.2) is 54.9 Å². The highest BCUT2D eigenvalue weighted by Gasteiger charge is 2.14. The number of anilines is 3. The molecule has 138 valence electrons. The molecule has 0 spiro atoms. The summed E-state index contributed by atoms with van der Waals surface area (Å²) in [6.07, 6.45) is 1.30. The lowest BCUT2D eigenvalue weighted by Gasteiger charge is -2.19. The van der Waals surface area contributed by atoms with Crippen LogP contribution < -0.4 is 20.1 Å². The number of fused-ring (bicyclic) bond motifs is 1. The lowest BCUT2D eigenvalue weighted by atomic mass is 10.2. The Morgan fingerprint density at radius 1 is 1.04 bits per heavy atom. The fourth-order valence-corrected chi connectivity index (χ4v) is 2.69. The molecule has 1 aliphatic rings. The number of carbonyl (C=O) groups is 1. The fraction of sp³-hybridized carbons (Fsp3) is 0.100. The van der Waals surface area contributed by atoms with Crippen molar-refractivity contribution in [3.63, 3.8) is 0 Å². The molecular formula is C20H15N5O3. The predicted molar refractivity (Wildman–Crippen MR) is 102 cm³/mol. The summed E-state index contributed by atoms with van der Waals surface area (Å²) < 4.78 is 11.1. The summed E-state index contributed by atoms with van der Waals surface area (Å²) in [6, 6.07) is 15.8. The Balaban J connectivity index is 1.51. The average Bonchev–Trinajstić information content (AvgIpc) is 2.74. The smallest absolute Gasteiger partial charge is 0.274 e. The summed E-state index contributed by atoms with van der Waals surface area (Å²) in [6.45, 7) is 1.03. The van der Waals surface area contributed by atoms with Crippen LogP contribution >= 0.6 is 0 Å². The molecule has 0 aliphatic carbocycles. The van der Waals surface area contributed by atoms with E-state index >= 15 is 0 Å². The van der Waals surface area contributed by atoms with E-state index in [9.17, 15) is 4.79 Å². The van der Waals surface area contributed by atoms with Crippen molar-refractivity contribution >= 4 is 23.1 Å². The minimum Gasteiger partial charge on any atom is -0.486 e. The number of aromatic nitrogens is 2. The highest BCUT2D eigenvalue weighted by atomic mass is 16.6. The molecule has 0 saturated heterocycles. The Hall–Kier alpha value is -4.12. The fourth-order valence-electron chi connectivity index (χ4n) is 2.69. The number of para-hydroxylation sites is 1. The van der Waals surface area contributed by atoms with E-state index in [4.69, 9.17) is 14.7 Å². The maximum absolute atomic E-state index is 12.5.